The van der Waals surface area contributed by atoms with E-state index in [0.29, 0.717) is 6.42 Å². The maximum atomic E-state index is 13.4. The van der Waals surface area contributed by atoms with Gasteiger partial charge in [-0.05, 0) is 25.5 Å². The van der Waals surface area contributed by atoms with Gasteiger partial charge in [-0.25, -0.2) is 4.39 Å². The van der Waals surface area contributed by atoms with Crippen molar-refractivity contribution in [1.82, 2.24) is 5.32 Å². The third kappa shape index (κ3) is 3.56. The molecule has 0 aliphatic heterocycles. The predicted molar refractivity (Wildman–Crippen MR) is 62.9 cm³/mol. The number of rotatable bonds is 4. The molecule has 1 atom stereocenters. The van der Waals surface area contributed by atoms with Crippen LogP contribution in [0.4, 0.5) is 4.39 Å². The summed E-state index contributed by atoms with van der Waals surface area (Å²) in [5.74, 6) is -1.01. The average Bonchev–Trinajstić information content (AvgIpc) is 2.31. The van der Waals surface area contributed by atoms with E-state index in [4.69, 9.17) is 5.26 Å². The number of hydrogen-bond acceptors (Lipinski definition) is 2. The number of halogens is 1. The molecule has 3 nitrogen and oxygen atoms in total. The van der Waals surface area contributed by atoms with Crippen LogP contribution in [0.3, 0.4) is 0 Å². The summed E-state index contributed by atoms with van der Waals surface area (Å²) in [6.07, 6.45) is 0.877. The van der Waals surface area contributed by atoms with Gasteiger partial charge in [0.2, 0.25) is 0 Å². The van der Waals surface area contributed by atoms with Crippen molar-refractivity contribution in [2.75, 3.05) is 0 Å². The normalized spacial score (nSPS) is 11.6. The Kier molecular flexibility index (Phi) is 4.65. The number of hydrogen-bond donors (Lipinski definition) is 1. The van der Waals surface area contributed by atoms with E-state index in [-0.39, 0.29) is 18.0 Å². The number of nitrogens with zero attached hydrogens (tertiary/aromatic N) is 1. The number of nitrogens with one attached hydrogen (secondary N) is 1. The second kappa shape index (κ2) is 6.00. The van der Waals surface area contributed by atoms with Crippen LogP contribution in [0.25, 0.3) is 0 Å². The van der Waals surface area contributed by atoms with Crippen LogP contribution < -0.4 is 5.32 Å². The molecule has 0 aliphatic carbocycles. The Labute approximate surface area is 100 Å². The van der Waals surface area contributed by atoms with E-state index in [1.807, 2.05) is 13.0 Å². The topological polar surface area (TPSA) is 52.9 Å². The summed E-state index contributed by atoms with van der Waals surface area (Å²) >= 11 is 0. The summed E-state index contributed by atoms with van der Waals surface area (Å²) < 4.78 is 13.4. The van der Waals surface area contributed by atoms with Gasteiger partial charge in [-0.2, -0.15) is 5.26 Å². The number of carbonyl (C=O) groups excluding carboxylic acids is 1. The molecule has 1 rings (SSSR count). The van der Waals surface area contributed by atoms with Crippen molar-refractivity contribution in [2.24, 2.45) is 0 Å². The highest BCUT2D eigenvalue weighted by molar-refractivity contribution is 5.94. The Balaban J connectivity index is 2.82. The zero-order valence-electron chi connectivity index (χ0n) is 9.96. The van der Waals surface area contributed by atoms with Crippen molar-refractivity contribution < 1.29 is 9.18 Å². The Morgan fingerprint density at radius 2 is 2.29 bits per heavy atom. The number of amides is 1. The molecule has 0 bridgehead atoms. The minimum absolute atomic E-state index is 0.0291. The zero-order valence-corrected chi connectivity index (χ0v) is 9.96. The van der Waals surface area contributed by atoms with Crippen molar-refractivity contribution >= 4 is 5.91 Å². The molecular formula is C13H15FN2O. The second-order valence-corrected chi connectivity index (χ2v) is 3.92. The minimum atomic E-state index is -0.542. The first kappa shape index (κ1) is 13.2. The van der Waals surface area contributed by atoms with Crippen molar-refractivity contribution in [3.05, 3.63) is 35.1 Å². The van der Waals surface area contributed by atoms with Crippen LogP contribution >= 0.6 is 0 Å². The van der Waals surface area contributed by atoms with E-state index in [1.165, 1.54) is 12.1 Å². The van der Waals surface area contributed by atoms with Gasteiger partial charge in [0, 0.05) is 6.04 Å². The van der Waals surface area contributed by atoms with E-state index >= 15 is 0 Å². The summed E-state index contributed by atoms with van der Waals surface area (Å²) in [4.78, 5) is 11.8. The molecule has 0 heterocycles. The first-order valence-corrected chi connectivity index (χ1v) is 5.52. The largest absolute Gasteiger partial charge is 0.348 e. The molecule has 1 N–H and O–H groups in total. The third-order valence-electron chi connectivity index (χ3n) is 2.53. The van der Waals surface area contributed by atoms with E-state index in [9.17, 15) is 9.18 Å². The van der Waals surface area contributed by atoms with Crippen molar-refractivity contribution in [3.8, 4) is 6.07 Å². The molecule has 0 saturated carbocycles. The second-order valence-electron chi connectivity index (χ2n) is 3.92. The van der Waals surface area contributed by atoms with Crippen LogP contribution in [0.2, 0.25) is 0 Å². The minimum Gasteiger partial charge on any atom is -0.348 e. The summed E-state index contributed by atoms with van der Waals surface area (Å²) in [6, 6.07) is 6.15. The first-order valence-electron chi connectivity index (χ1n) is 5.52. The van der Waals surface area contributed by atoms with E-state index in [1.54, 1.807) is 13.0 Å². The monoisotopic (exact) mass is 234 g/mol. The van der Waals surface area contributed by atoms with Crippen LogP contribution in [-0.4, -0.2) is 11.9 Å². The molecule has 0 aliphatic rings. The quantitative estimate of drug-likeness (QED) is 0.870. The van der Waals surface area contributed by atoms with Gasteiger partial charge in [0.1, 0.15) is 5.82 Å². The Bertz CT molecular complexity index is 451. The molecule has 0 saturated heterocycles. The van der Waals surface area contributed by atoms with Gasteiger partial charge in [-0.1, -0.05) is 18.6 Å². The molecule has 0 spiro atoms. The molecule has 4 heteroatoms. The molecule has 90 valence electrons. The molecule has 0 radical (unpaired) electrons. The van der Waals surface area contributed by atoms with Crippen LogP contribution in [0, 0.1) is 24.1 Å². The Hall–Kier alpha value is -1.89. The molecule has 0 aromatic heterocycles. The standard InChI is InChI=1S/C13H15FN2O/c1-3-10(6-7-15)16-13(17)11-8-9(2)4-5-12(11)14/h4-5,8,10H,3,6H2,1-2H3,(H,16,17). The van der Waals surface area contributed by atoms with Crippen molar-refractivity contribution in [1.29, 1.82) is 5.26 Å². The predicted octanol–water partition coefficient (Wildman–Crippen LogP) is 2.56. The van der Waals surface area contributed by atoms with Crippen LogP contribution in [-0.2, 0) is 0 Å². The SMILES string of the molecule is CCC(CC#N)NC(=O)c1cc(C)ccc1F. The highest BCUT2D eigenvalue weighted by atomic mass is 19.1. The number of carbonyl (C=O) groups is 1. The van der Waals surface area contributed by atoms with Crippen LogP contribution in [0.15, 0.2) is 18.2 Å². The highest BCUT2D eigenvalue weighted by Crippen LogP contribution is 2.10. The van der Waals surface area contributed by atoms with E-state index in [0.717, 1.165) is 5.56 Å². The van der Waals surface area contributed by atoms with Crippen LogP contribution in [0.5, 0.6) is 0 Å². The Morgan fingerprint density at radius 3 is 2.88 bits per heavy atom. The highest BCUT2D eigenvalue weighted by Gasteiger charge is 2.15. The third-order valence-corrected chi connectivity index (χ3v) is 2.53. The van der Waals surface area contributed by atoms with Crippen molar-refractivity contribution in [3.63, 3.8) is 0 Å². The summed E-state index contributed by atoms with van der Waals surface area (Å²) in [7, 11) is 0. The average molecular weight is 234 g/mol. The molecule has 17 heavy (non-hydrogen) atoms. The fraction of sp³-hybridized carbons (Fsp3) is 0.385. The van der Waals surface area contributed by atoms with Crippen LogP contribution in [0.1, 0.15) is 35.7 Å². The zero-order chi connectivity index (χ0) is 12.8. The lowest BCUT2D eigenvalue weighted by Crippen LogP contribution is -2.34. The van der Waals surface area contributed by atoms with E-state index in [2.05, 4.69) is 5.32 Å². The Morgan fingerprint density at radius 1 is 1.59 bits per heavy atom. The lowest BCUT2D eigenvalue weighted by molar-refractivity contribution is 0.0932. The number of nitriles is 1. The number of benzene rings is 1. The first-order chi connectivity index (χ1) is 8.08. The van der Waals surface area contributed by atoms with Gasteiger partial charge in [0.05, 0.1) is 18.1 Å². The molecule has 1 amide bonds. The van der Waals surface area contributed by atoms with Gasteiger partial charge >= 0.3 is 0 Å². The summed E-state index contributed by atoms with van der Waals surface area (Å²) in [6.45, 7) is 3.66. The van der Waals surface area contributed by atoms with Gasteiger partial charge in [-0.15, -0.1) is 0 Å². The smallest absolute Gasteiger partial charge is 0.254 e. The molecule has 0 fully saturated rings. The van der Waals surface area contributed by atoms with Gasteiger partial charge in [-0.3, -0.25) is 4.79 Å². The van der Waals surface area contributed by atoms with Gasteiger partial charge < -0.3 is 5.32 Å². The fourth-order valence-electron chi connectivity index (χ4n) is 1.48. The molecule has 1 unspecified atom stereocenters. The lowest BCUT2D eigenvalue weighted by atomic mass is 10.1. The molecule has 1 aromatic carbocycles. The maximum Gasteiger partial charge on any atom is 0.254 e. The van der Waals surface area contributed by atoms with E-state index < -0.39 is 11.7 Å². The van der Waals surface area contributed by atoms with Gasteiger partial charge in [0.15, 0.2) is 0 Å². The van der Waals surface area contributed by atoms with Gasteiger partial charge in [0.25, 0.3) is 5.91 Å². The summed E-state index contributed by atoms with van der Waals surface area (Å²) in [5.41, 5.74) is 0.853. The molecule has 1 aromatic rings. The summed E-state index contributed by atoms with van der Waals surface area (Å²) in [5, 5.41) is 11.2. The lowest BCUT2D eigenvalue weighted by Gasteiger charge is -2.14. The molecular weight excluding hydrogens is 219 g/mol. The fourth-order valence-corrected chi connectivity index (χ4v) is 1.48. The number of aryl methyl sites for hydroxylation is 1. The maximum absolute atomic E-state index is 13.4. The van der Waals surface area contributed by atoms with Crippen molar-refractivity contribution in [2.45, 2.75) is 32.7 Å².